The third-order valence-corrected chi connectivity index (χ3v) is 6.79. The number of hydrogen-bond donors (Lipinski definition) is 1. The lowest BCUT2D eigenvalue weighted by molar-refractivity contribution is -0.120. The number of carbonyl (C=O) groups excluding carboxylic acids is 4. The fourth-order valence-corrected chi connectivity index (χ4v) is 4.60. The highest BCUT2D eigenvalue weighted by Gasteiger charge is 2.40. The lowest BCUT2D eigenvalue weighted by Gasteiger charge is -2.16. The van der Waals surface area contributed by atoms with E-state index >= 15 is 0 Å². The lowest BCUT2D eigenvalue weighted by Crippen LogP contribution is -2.32. The molecule has 1 aliphatic heterocycles. The molecule has 8 nitrogen and oxygen atoms in total. The zero-order valence-electron chi connectivity index (χ0n) is 20.5. The molecule has 1 heterocycles. The number of rotatable bonds is 9. The molecule has 4 rings (SSSR count). The van der Waals surface area contributed by atoms with Gasteiger partial charge < -0.3 is 14.8 Å². The van der Waals surface area contributed by atoms with Gasteiger partial charge in [0.05, 0.1) is 30.5 Å². The predicted molar refractivity (Wildman–Crippen MR) is 145 cm³/mol. The second-order valence-corrected chi connectivity index (χ2v) is 9.60. The summed E-state index contributed by atoms with van der Waals surface area (Å²) in [6.07, 6.45) is 0.696. The minimum atomic E-state index is -0.565. The molecule has 3 aromatic rings. The summed E-state index contributed by atoms with van der Waals surface area (Å²) in [5, 5.41) is 3.58. The number of carbonyl (C=O) groups is 4. The summed E-state index contributed by atoms with van der Waals surface area (Å²) in [6.45, 7) is 2.20. The van der Waals surface area contributed by atoms with Gasteiger partial charge in [-0.25, -0.2) is 14.5 Å². The van der Waals surface area contributed by atoms with E-state index in [1.54, 1.807) is 48.5 Å². The van der Waals surface area contributed by atoms with Gasteiger partial charge in [0.25, 0.3) is 11.8 Å². The van der Waals surface area contributed by atoms with Crippen molar-refractivity contribution in [2.75, 3.05) is 23.9 Å². The van der Waals surface area contributed by atoms with Gasteiger partial charge in [-0.3, -0.25) is 9.59 Å². The standard InChI is InChI=1S/C28H23ClN2O6S/c1-3-16-37-28(35)18-6-12-21(13-7-18)31-25(32)23(30-20-10-4-17(5-11-20)27(34)36-2)24(26(31)33)38-22-14-8-19(29)9-15-22/h4-15,30H,3,16H2,1-2H3. The lowest BCUT2D eigenvalue weighted by atomic mass is 10.2. The number of halogens is 1. The number of hydrogen-bond acceptors (Lipinski definition) is 8. The third-order valence-electron chi connectivity index (χ3n) is 5.45. The largest absolute Gasteiger partial charge is 0.465 e. The molecule has 0 saturated carbocycles. The van der Waals surface area contributed by atoms with Crippen molar-refractivity contribution in [1.82, 2.24) is 0 Å². The van der Waals surface area contributed by atoms with Gasteiger partial charge in [-0.1, -0.05) is 30.3 Å². The van der Waals surface area contributed by atoms with Crippen LogP contribution < -0.4 is 10.2 Å². The summed E-state index contributed by atoms with van der Waals surface area (Å²) >= 11 is 7.12. The van der Waals surface area contributed by atoms with E-state index in [-0.39, 0.29) is 10.6 Å². The van der Waals surface area contributed by atoms with E-state index in [0.717, 1.165) is 16.7 Å². The molecule has 0 bridgehead atoms. The topological polar surface area (TPSA) is 102 Å². The Labute approximate surface area is 228 Å². The van der Waals surface area contributed by atoms with E-state index in [9.17, 15) is 19.2 Å². The SMILES string of the molecule is CCCOC(=O)c1ccc(N2C(=O)C(Nc3ccc(C(=O)OC)cc3)=C(Sc3ccc(Cl)cc3)C2=O)cc1. The number of anilines is 2. The summed E-state index contributed by atoms with van der Waals surface area (Å²) < 4.78 is 9.87. The van der Waals surface area contributed by atoms with Crippen molar-refractivity contribution in [3.05, 3.63) is 99.5 Å². The number of esters is 2. The van der Waals surface area contributed by atoms with Crippen molar-refractivity contribution in [3.63, 3.8) is 0 Å². The molecule has 2 amide bonds. The molecule has 0 radical (unpaired) electrons. The van der Waals surface area contributed by atoms with Crippen molar-refractivity contribution in [2.45, 2.75) is 18.2 Å². The van der Waals surface area contributed by atoms with Gasteiger partial charge in [0.15, 0.2) is 0 Å². The highest BCUT2D eigenvalue weighted by molar-refractivity contribution is 8.04. The molecule has 0 spiro atoms. The van der Waals surface area contributed by atoms with E-state index in [2.05, 4.69) is 5.32 Å². The Bertz CT molecular complexity index is 1400. The van der Waals surface area contributed by atoms with Gasteiger partial charge in [-0.2, -0.15) is 0 Å². The molecular weight excluding hydrogens is 528 g/mol. The number of imide groups is 1. The van der Waals surface area contributed by atoms with E-state index < -0.39 is 23.8 Å². The molecular formula is C28H23ClN2O6S. The number of nitrogens with one attached hydrogen (secondary N) is 1. The first-order chi connectivity index (χ1) is 18.3. The summed E-state index contributed by atoms with van der Waals surface area (Å²) in [6, 6.07) is 19.3. The van der Waals surface area contributed by atoms with Crippen LogP contribution in [0.15, 0.2) is 88.3 Å². The smallest absolute Gasteiger partial charge is 0.338 e. The predicted octanol–water partition coefficient (Wildman–Crippen LogP) is 5.68. The fraction of sp³-hybridized carbons (Fsp3) is 0.143. The average Bonchev–Trinajstić information content (AvgIpc) is 3.16. The van der Waals surface area contributed by atoms with Crippen molar-refractivity contribution in [2.24, 2.45) is 0 Å². The molecule has 0 fully saturated rings. The van der Waals surface area contributed by atoms with Crippen molar-refractivity contribution >= 4 is 58.5 Å². The van der Waals surface area contributed by atoms with Crippen LogP contribution >= 0.6 is 23.4 Å². The number of nitrogens with zero attached hydrogens (tertiary/aromatic N) is 1. The van der Waals surface area contributed by atoms with Crippen LogP contribution in [0.25, 0.3) is 0 Å². The summed E-state index contributed by atoms with van der Waals surface area (Å²) in [5.41, 5.74) is 1.54. The molecule has 10 heteroatoms. The van der Waals surface area contributed by atoms with Crippen LogP contribution in [0, 0.1) is 0 Å². The first-order valence-electron chi connectivity index (χ1n) is 11.6. The summed E-state index contributed by atoms with van der Waals surface area (Å²) in [4.78, 5) is 52.9. The van der Waals surface area contributed by atoms with Crippen molar-refractivity contribution < 1.29 is 28.7 Å². The molecule has 0 aromatic heterocycles. The molecule has 1 aliphatic rings. The van der Waals surface area contributed by atoms with E-state index in [1.165, 1.54) is 31.4 Å². The Morgan fingerprint density at radius 3 is 2.08 bits per heavy atom. The maximum absolute atomic E-state index is 13.5. The number of thioether (sulfide) groups is 1. The first-order valence-corrected chi connectivity index (χ1v) is 12.8. The van der Waals surface area contributed by atoms with Crippen molar-refractivity contribution in [1.29, 1.82) is 0 Å². The summed E-state index contributed by atoms with van der Waals surface area (Å²) in [7, 11) is 1.29. The van der Waals surface area contributed by atoms with Crippen molar-refractivity contribution in [3.8, 4) is 0 Å². The van der Waals surface area contributed by atoms with Gasteiger partial charge in [0.2, 0.25) is 0 Å². The van der Waals surface area contributed by atoms with Gasteiger partial charge in [-0.05, 0) is 79.2 Å². The Hall–Kier alpha value is -4.08. The third kappa shape index (κ3) is 5.90. The number of amides is 2. The molecule has 1 N–H and O–H groups in total. The molecule has 0 saturated heterocycles. The maximum Gasteiger partial charge on any atom is 0.338 e. The van der Waals surface area contributed by atoms with E-state index in [1.807, 2.05) is 6.92 Å². The van der Waals surface area contributed by atoms with Crippen LogP contribution in [0.3, 0.4) is 0 Å². The molecule has 0 unspecified atom stereocenters. The molecule has 194 valence electrons. The van der Waals surface area contributed by atoms with Gasteiger partial charge in [0, 0.05) is 15.6 Å². The average molecular weight is 551 g/mol. The number of ether oxygens (including phenoxy) is 2. The number of benzene rings is 3. The fourth-order valence-electron chi connectivity index (χ4n) is 3.55. The van der Waals surface area contributed by atoms with Gasteiger partial charge >= 0.3 is 11.9 Å². The summed E-state index contributed by atoms with van der Waals surface area (Å²) in [5.74, 6) is -2.06. The first kappa shape index (κ1) is 27.0. The second-order valence-electron chi connectivity index (χ2n) is 8.08. The minimum Gasteiger partial charge on any atom is -0.465 e. The number of methoxy groups -OCH3 is 1. The molecule has 3 aromatic carbocycles. The van der Waals surface area contributed by atoms with E-state index in [4.69, 9.17) is 21.1 Å². The van der Waals surface area contributed by atoms with Crippen LogP contribution in [-0.4, -0.2) is 37.5 Å². The van der Waals surface area contributed by atoms with Crippen LogP contribution in [0.4, 0.5) is 11.4 Å². The monoisotopic (exact) mass is 550 g/mol. The van der Waals surface area contributed by atoms with Crippen LogP contribution in [0.2, 0.25) is 5.02 Å². The molecule has 38 heavy (non-hydrogen) atoms. The van der Waals surface area contributed by atoms with Crippen LogP contribution in [-0.2, 0) is 19.1 Å². The van der Waals surface area contributed by atoms with Crippen LogP contribution in [0.1, 0.15) is 34.1 Å². The molecule has 0 aliphatic carbocycles. The highest BCUT2D eigenvalue weighted by atomic mass is 35.5. The zero-order valence-corrected chi connectivity index (χ0v) is 22.1. The minimum absolute atomic E-state index is 0.0761. The second kappa shape index (κ2) is 12.0. The Kier molecular flexibility index (Phi) is 8.50. The zero-order chi connectivity index (χ0) is 27.2. The van der Waals surface area contributed by atoms with Gasteiger partial charge in [0.1, 0.15) is 10.6 Å². The normalized spacial score (nSPS) is 13.1. The molecule has 0 atom stereocenters. The van der Waals surface area contributed by atoms with Crippen LogP contribution in [0.5, 0.6) is 0 Å². The Balaban J connectivity index is 1.65. The van der Waals surface area contributed by atoms with E-state index in [0.29, 0.717) is 45.4 Å². The quantitative estimate of drug-likeness (QED) is 0.268. The van der Waals surface area contributed by atoms with Gasteiger partial charge in [-0.15, -0.1) is 0 Å². The Morgan fingerprint density at radius 2 is 1.47 bits per heavy atom. The highest BCUT2D eigenvalue weighted by Crippen LogP contribution is 2.38. The maximum atomic E-state index is 13.5. The Morgan fingerprint density at radius 1 is 0.868 bits per heavy atom.